The standard InChI is InChI=1S/C16H15FO3/c1-11-9-13(7-8-15(11)17)20-10-14(16(18)19)12-5-3-2-4-6-12/h2-9,14H,10H2,1H3,(H,18,19). The van der Waals surface area contributed by atoms with Crippen LogP contribution in [0.4, 0.5) is 4.39 Å². The summed E-state index contributed by atoms with van der Waals surface area (Å²) in [5.74, 6) is -1.54. The molecule has 0 aliphatic carbocycles. The smallest absolute Gasteiger partial charge is 0.314 e. The molecule has 0 aromatic heterocycles. The van der Waals surface area contributed by atoms with Crippen molar-refractivity contribution in [3.63, 3.8) is 0 Å². The van der Waals surface area contributed by atoms with Gasteiger partial charge in [0.1, 0.15) is 24.1 Å². The molecule has 0 aliphatic rings. The number of aryl methyl sites for hydroxylation is 1. The first kappa shape index (κ1) is 14.1. The third-order valence-corrected chi connectivity index (χ3v) is 3.05. The summed E-state index contributed by atoms with van der Waals surface area (Å²) >= 11 is 0. The van der Waals surface area contributed by atoms with E-state index in [4.69, 9.17) is 4.74 Å². The van der Waals surface area contributed by atoms with Gasteiger partial charge in [-0.05, 0) is 36.2 Å². The van der Waals surface area contributed by atoms with Gasteiger partial charge >= 0.3 is 5.97 Å². The summed E-state index contributed by atoms with van der Waals surface area (Å²) in [4.78, 5) is 11.3. The fourth-order valence-electron chi connectivity index (χ4n) is 1.88. The fourth-order valence-corrected chi connectivity index (χ4v) is 1.88. The minimum absolute atomic E-state index is 0.00438. The van der Waals surface area contributed by atoms with Crippen molar-refractivity contribution in [2.45, 2.75) is 12.8 Å². The Hall–Kier alpha value is -2.36. The number of rotatable bonds is 5. The molecule has 1 N–H and O–H groups in total. The van der Waals surface area contributed by atoms with Gasteiger partial charge in [-0.3, -0.25) is 4.79 Å². The number of hydrogen-bond acceptors (Lipinski definition) is 2. The van der Waals surface area contributed by atoms with Crippen LogP contribution in [0.1, 0.15) is 17.0 Å². The van der Waals surface area contributed by atoms with Crippen molar-refractivity contribution in [1.29, 1.82) is 0 Å². The maximum Gasteiger partial charge on any atom is 0.314 e. The largest absolute Gasteiger partial charge is 0.492 e. The molecule has 2 aromatic rings. The van der Waals surface area contributed by atoms with Crippen molar-refractivity contribution in [3.05, 3.63) is 65.5 Å². The second kappa shape index (κ2) is 6.19. The Balaban J connectivity index is 2.10. The maximum atomic E-state index is 13.1. The first-order chi connectivity index (χ1) is 9.58. The highest BCUT2D eigenvalue weighted by atomic mass is 19.1. The average Bonchev–Trinajstić information content (AvgIpc) is 2.44. The van der Waals surface area contributed by atoms with Crippen LogP contribution in [0.15, 0.2) is 48.5 Å². The minimum Gasteiger partial charge on any atom is -0.492 e. The van der Waals surface area contributed by atoms with Crippen LogP contribution in [0.5, 0.6) is 5.75 Å². The Labute approximate surface area is 116 Å². The van der Waals surface area contributed by atoms with Gasteiger partial charge in [-0.25, -0.2) is 4.39 Å². The van der Waals surface area contributed by atoms with Crippen LogP contribution < -0.4 is 4.74 Å². The van der Waals surface area contributed by atoms with E-state index in [2.05, 4.69) is 0 Å². The summed E-state index contributed by atoms with van der Waals surface area (Å²) in [5, 5.41) is 9.26. The first-order valence-electron chi connectivity index (χ1n) is 6.24. The molecule has 0 saturated heterocycles. The molecule has 0 saturated carbocycles. The number of hydrogen-bond donors (Lipinski definition) is 1. The zero-order valence-electron chi connectivity index (χ0n) is 11.0. The molecule has 20 heavy (non-hydrogen) atoms. The van der Waals surface area contributed by atoms with Crippen molar-refractivity contribution >= 4 is 5.97 Å². The second-order valence-electron chi connectivity index (χ2n) is 4.52. The SMILES string of the molecule is Cc1cc(OCC(C(=O)O)c2ccccc2)ccc1F. The molecule has 1 atom stereocenters. The van der Waals surface area contributed by atoms with Gasteiger partial charge in [0.25, 0.3) is 0 Å². The molecular weight excluding hydrogens is 259 g/mol. The van der Waals surface area contributed by atoms with Gasteiger partial charge in [0, 0.05) is 0 Å². The normalized spacial score (nSPS) is 11.9. The van der Waals surface area contributed by atoms with E-state index in [1.807, 2.05) is 6.07 Å². The van der Waals surface area contributed by atoms with Gasteiger partial charge in [0.05, 0.1) is 0 Å². The molecule has 2 aromatic carbocycles. The summed E-state index contributed by atoms with van der Waals surface area (Å²) in [7, 11) is 0. The Morgan fingerprint density at radius 3 is 2.55 bits per heavy atom. The molecule has 4 heteroatoms. The lowest BCUT2D eigenvalue weighted by Crippen LogP contribution is -2.19. The number of ether oxygens (including phenoxy) is 1. The van der Waals surface area contributed by atoms with E-state index >= 15 is 0 Å². The monoisotopic (exact) mass is 274 g/mol. The number of carbonyl (C=O) groups is 1. The number of halogens is 1. The Morgan fingerprint density at radius 2 is 1.95 bits per heavy atom. The van der Waals surface area contributed by atoms with Gasteiger partial charge < -0.3 is 9.84 Å². The van der Waals surface area contributed by atoms with E-state index in [9.17, 15) is 14.3 Å². The first-order valence-corrected chi connectivity index (χ1v) is 6.24. The fraction of sp³-hybridized carbons (Fsp3) is 0.188. The Kier molecular flexibility index (Phi) is 4.35. The summed E-state index contributed by atoms with van der Waals surface area (Å²) in [6, 6.07) is 13.2. The van der Waals surface area contributed by atoms with E-state index < -0.39 is 11.9 Å². The lowest BCUT2D eigenvalue weighted by Gasteiger charge is -2.14. The highest BCUT2D eigenvalue weighted by Gasteiger charge is 2.20. The average molecular weight is 274 g/mol. The van der Waals surface area contributed by atoms with Crippen molar-refractivity contribution in [2.75, 3.05) is 6.61 Å². The van der Waals surface area contributed by atoms with Crippen molar-refractivity contribution in [2.24, 2.45) is 0 Å². The van der Waals surface area contributed by atoms with E-state index in [0.717, 1.165) is 0 Å². The van der Waals surface area contributed by atoms with E-state index in [-0.39, 0.29) is 12.4 Å². The molecule has 0 bridgehead atoms. The zero-order chi connectivity index (χ0) is 14.5. The maximum absolute atomic E-state index is 13.1. The van der Waals surface area contributed by atoms with Crippen molar-refractivity contribution in [1.82, 2.24) is 0 Å². The number of aliphatic carboxylic acids is 1. The second-order valence-corrected chi connectivity index (χ2v) is 4.52. The van der Waals surface area contributed by atoms with Crippen LogP contribution in [0.25, 0.3) is 0 Å². The van der Waals surface area contributed by atoms with Gasteiger partial charge in [-0.15, -0.1) is 0 Å². The third-order valence-electron chi connectivity index (χ3n) is 3.05. The molecule has 0 amide bonds. The number of benzene rings is 2. The van der Waals surface area contributed by atoms with Gasteiger partial charge in [-0.2, -0.15) is 0 Å². The molecule has 3 nitrogen and oxygen atoms in total. The lowest BCUT2D eigenvalue weighted by molar-refractivity contribution is -0.139. The Morgan fingerprint density at radius 1 is 1.25 bits per heavy atom. The number of carboxylic acids is 1. The molecule has 1 unspecified atom stereocenters. The van der Waals surface area contributed by atoms with E-state index in [1.165, 1.54) is 12.1 Å². The molecule has 0 fully saturated rings. The molecule has 104 valence electrons. The zero-order valence-corrected chi connectivity index (χ0v) is 11.0. The predicted octanol–water partition coefficient (Wildman–Crippen LogP) is 3.38. The summed E-state index contributed by atoms with van der Waals surface area (Å²) in [6.07, 6.45) is 0. The number of carboxylic acid groups (broad SMARTS) is 1. The van der Waals surface area contributed by atoms with Gasteiger partial charge in [-0.1, -0.05) is 30.3 Å². The topological polar surface area (TPSA) is 46.5 Å². The van der Waals surface area contributed by atoms with E-state index in [0.29, 0.717) is 16.9 Å². The highest BCUT2D eigenvalue weighted by Crippen LogP contribution is 2.20. The van der Waals surface area contributed by atoms with Crippen LogP contribution in [0.3, 0.4) is 0 Å². The molecule has 0 aliphatic heterocycles. The lowest BCUT2D eigenvalue weighted by atomic mass is 10.0. The quantitative estimate of drug-likeness (QED) is 0.909. The molecular formula is C16H15FO3. The van der Waals surface area contributed by atoms with E-state index in [1.54, 1.807) is 37.3 Å². The van der Waals surface area contributed by atoms with Crippen LogP contribution in [-0.4, -0.2) is 17.7 Å². The van der Waals surface area contributed by atoms with Crippen molar-refractivity contribution in [3.8, 4) is 5.75 Å². The molecule has 2 rings (SSSR count). The Bertz CT molecular complexity index is 596. The summed E-state index contributed by atoms with van der Waals surface area (Å²) < 4.78 is 18.6. The van der Waals surface area contributed by atoms with Crippen LogP contribution >= 0.6 is 0 Å². The predicted molar refractivity (Wildman–Crippen MR) is 73.5 cm³/mol. The van der Waals surface area contributed by atoms with Gasteiger partial charge in [0.15, 0.2) is 0 Å². The van der Waals surface area contributed by atoms with Crippen LogP contribution in [0.2, 0.25) is 0 Å². The summed E-state index contributed by atoms with van der Waals surface area (Å²) in [5.41, 5.74) is 1.15. The molecule has 0 radical (unpaired) electrons. The summed E-state index contributed by atoms with van der Waals surface area (Å²) in [6.45, 7) is 1.64. The molecule has 0 heterocycles. The van der Waals surface area contributed by atoms with Crippen LogP contribution in [0, 0.1) is 12.7 Å². The van der Waals surface area contributed by atoms with Crippen LogP contribution in [-0.2, 0) is 4.79 Å². The molecule has 0 spiro atoms. The van der Waals surface area contributed by atoms with Gasteiger partial charge in [0.2, 0.25) is 0 Å². The minimum atomic E-state index is -0.949. The third kappa shape index (κ3) is 3.35. The highest BCUT2D eigenvalue weighted by molar-refractivity contribution is 5.76. The van der Waals surface area contributed by atoms with Crippen molar-refractivity contribution < 1.29 is 19.0 Å².